The highest BCUT2D eigenvalue weighted by Crippen LogP contribution is 2.43. The SMILES string of the molecule is c1cncc(-n2c3cc4cc5ccccc5cc4cc3c3ccc4c(c5ccccc5n4-c4ccc5c(c4)oc4ccccc45)c32)c1. The fourth-order valence-electron chi connectivity index (χ4n) is 7.88. The van der Waals surface area contributed by atoms with Crippen molar-refractivity contribution in [3.63, 3.8) is 0 Å². The number of rotatable bonds is 2. The van der Waals surface area contributed by atoms with Crippen molar-refractivity contribution in [2.24, 2.45) is 0 Å². The Morgan fingerprint density at radius 2 is 1.17 bits per heavy atom. The highest BCUT2D eigenvalue weighted by molar-refractivity contribution is 6.27. The summed E-state index contributed by atoms with van der Waals surface area (Å²) < 4.78 is 11.1. The Morgan fingerprint density at radius 1 is 0.426 bits per heavy atom. The van der Waals surface area contributed by atoms with Crippen LogP contribution in [-0.4, -0.2) is 14.1 Å². The number of nitrogens with zero attached hydrogens (tertiary/aromatic N) is 3. The fourth-order valence-corrected chi connectivity index (χ4v) is 7.88. The molecule has 7 aromatic carbocycles. The van der Waals surface area contributed by atoms with E-state index in [4.69, 9.17) is 4.42 Å². The lowest BCUT2D eigenvalue weighted by Gasteiger charge is -2.10. The number of pyridine rings is 1. The van der Waals surface area contributed by atoms with Crippen LogP contribution in [0.5, 0.6) is 0 Å². The van der Waals surface area contributed by atoms with Gasteiger partial charge in [0, 0.05) is 50.3 Å². The molecule has 0 radical (unpaired) electrons. The van der Waals surface area contributed by atoms with Crippen molar-refractivity contribution in [3.05, 3.63) is 152 Å². The number of fused-ring (bicyclic) bond motifs is 12. The molecular weight excluding hydrogens is 574 g/mol. The highest BCUT2D eigenvalue weighted by Gasteiger charge is 2.22. The van der Waals surface area contributed by atoms with E-state index in [2.05, 4.69) is 135 Å². The van der Waals surface area contributed by atoms with Crippen LogP contribution < -0.4 is 0 Å². The Balaban J connectivity index is 1.30. The van der Waals surface area contributed by atoms with Gasteiger partial charge in [0.25, 0.3) is 0 Å². The summed E-state index contributed by atoms with van der Waals surface area (Å²) in [6, 6.07) is 50.3. The quantitative estimate of drug-likeness (QED) is 0.185. The van der Waals surface area contributed by atoms with Crippen molar-refractivity contribution in [1.29, 1.82) is 0 Å². The molecule has 0 amide bonds. The maximum absolute atomic E-state index is 6.34. The average molecular weight is 600 g/mol. The summed E-state index contributed by atoms with van der Waals surface area (Å²) >= 11 is 0. The molecule has 11 aromatic rings. The fraction of sp³-hybridized carbons (Fsp3) is 0. The van der Waals surface area contributed by atoms with Crippen molar-refractivity contribution < 1.29 is 4.42 Å². The molecule has 4 aromatic heterocycles. The molecular formula is C43H25N3O. The summed E-state index contributed by atoms with van der Waals surface area (Å²) in [7, 11) is 0. The molecule has 0 atom stereocenters. The number of para-hydroxylation sites is 2. The molecule has 0 saturated carbocycles. The zero-order valence-corrected chi connectivity index (χ0v) is 25.2. The zero-order chi connectivity index (χ0) is 30.6. The molecule has 4 heterocycles. The number of aromatic nitrogens is 3. The van der Waals surface area contributed by atoms with Gasteiger partial charge in [0.1, 0.15) is 11.2 Å². The van der Waals surface area contributed by atoms with Gasteiger partial charge in [-0.05, 0) is 88.3 Å². The third kappa shape index (κ3) is 3.39. The molecule has 0 aliphatic rings. The van der Waals surface area contributed by atoms with E-state index in [1.165, 1.54) is 54.1 Å². The first-order valence-electron chi connectivity index (χ1n) is 16.0. The molecule has 47 heavy (non-hydrogen) atoms. The van der Waals surface area contributed by atoms with Crippen LogP contribution in [-0.2, 0) is 0 Å². The lowest BCUT2D eigenvalue weighted by molar-refractivity contribution is 0.668. The molecule has 11 rings (SSSR count). The monoisotopic (exact) mass is 599 g/mol. The molecule has 0 unspecified atom stereocenters. The number of furan rings is 1. The minimum atomic E-state index is 0.888. The van der Waals surface area contributed by atoms with Gasteiger partial charge in [-0.3, -0.25) is 4.98 Å². The molecule has 0 bridgehead atoms. The second kappa shape index (κ2) is 9.09. The van der Waals surface area contributed by atoms with Crippen LogP contribution in [0.2, 0.25) is 0 Å². The molecule has 4 nitrogen and oxygen atoms in total. The van der Waals surface area contributed by atoms with Crippen molar-refractivity contribution in [2.45, 2.75) is 0 Å². The van der Waals surface area contributed by atoms with Crippen LogP contribution in [0.4, 0.5) is 0 Å². The second-order valence-corrected chi connectivity index (χ2v) is 12.4. The Kier molecular flexibility index (Phi) is 4.81. The Hall–Kier alpha value is -6.39. The van der Waals surface area contributed by atoms with Crippen LogP contribution in [0.1, 0.15) is 0 Å². The smallest absolute Gasteiger partial charge is 0.137 e. The molecule has 0 N–H and O–H groups in total. The minimum Gasteiger partial charge on any atom is -0.456 e. The summed E-state index contributed by atoms with van der Waals surface area (Å²) in [6.07, 6.45) is 3.81. The van der Waals surface area contributed by atoms with Crippen LogP contribution in [0.25, 0.3) is 98.5 Å². The summed E-state index contributed by atoms with van der Waals surface area (Å²) in [5.74, 6) is 0. The summed E-state index contributed by atoms with van der Waals surface area (Å²) in [6.45, 7) is 0. The Bertz CT molecular complexity index is 3070. The first-order valence-corrected chi connectivity index (χ1v) is 16.0. The lowest BCUT2D eigenvalue weighted by atomic mass is 10.0. The molecule has 0 fully saturated rings. The zero-order valence-electron chi connectivity index (χ0n) is 25.2. The number of hydrogen-bond donors (Lipinski definition) is 0. The van der Waals surface area contributed by atoms with E-state index in [9.17, 15) is 0 Å². The van der Waals surface area contributed by atoms with Gasteiger partial charge >= 0.3 is 0 Å². The van der Waals surface area contributed by atoms with Gasteiger partial charge in [0.15, 0.2) is 0 Å². The summed E-state index contributed by atoms with van der Waals surface area (Å²) in [5.41, 5.74) is 8.57. The Labute approximate surface area is 268 Å². The molecule has 4 heteroatoms. The van der Waals surface area contributed by atoms with Gasteiger partial charge in [0.2, 0.25) is 0 Å². The number of benzene rings is 7. The maximum Gasteiger partial charge on any atom is 0.137 e. The minimum absolute atomic E-state index is 0.888. The van der Waals surface area contributed by atoms with Gasteiger partial charge in [-0.1, -0.05) is 66.7 Å². The van der Waals surface area contributed by atoms with E-state index in [0.29, 0.717) is 0 Å². The highest BCUT2D eigenvalue weighted by atomic mass is 16.3. The van der Waals surface area contributed by atoms with Crippen LogP contribution in [0.15, 0.2) is 156 Å². The third-order valence-electron chi connectivity index (χ3n) is 9.91. The normalized spacial score (nSPS) is 12.3. The van der Waals surface area contributed by atoms with Crippen LogP contribution >= 0.6 is 0 Å². The largest absolute Gasteiger partial charge is 0.456 e. The van der Waals surface area contributed by atoms with Gasteiger partial charge in [-0.2, -0.15) is 0 Å². The lowest BCUT2D eigenvalue weighted by Crippen LogP contribution is -1.96. The van der Waals surface area contributed by atoms with E-state index >= 15 is 0 Å². The van der Waals surface area contributed by atoms with Crippen LogP contribution in [0.3, 0.4) is 0 Å². The molecule has 0 saturated heterocycles. The van der Waals surface area contributed by atoms with Gasteiger partial charge < -0.3 is 13.6 Å². The third-order valence-corrected chi connectivity index (χ3v) is 9.91. The van der Waals surface area contributed by atoms with Crippen molar-refractivity contribution in [3.8, 4) is 11.4 Å². The molecule has 0 aliphatic carbocycles. The first-order chi connectivity index (χ1) is 23.3. The summed E-state index contributed by atoms with van der Waals surface area (Å²) in [5, 5.41) is 12.1. The van der Waals surface area contributed by atoms with Crippen molar-refractivity contribution in [1.82, 2.24) is 14.1 Å². The summed E-state index contributed by atoms with van der Waals surface area (Å²) in [4.78, 5) is 4.56. The van der Waals surface area contributed by atoms with Gasteiger partial charge in [-0.25, -0.2) is 0 Å². The van der Waals surface area contributed by atoms with Gasteiger partial charge in [0.05, 0.1) is 34.0 Å². The molecule has 0 aliphatic heterocycles. The standard InChI is InChI=1S/C43H25N3O/c1-2-9-27-21-29-23-39-36(22-28(29)20-26(27)8-1)34-17-18-38-42(43(34)46(39)31-10-7-19-44-25-31)35-12-3-5-13-37(35)45(38)30-15-16-33-32-11-4-6-14-40(32)47-41(33)24-30/h1-25H. The molecule has 218 valence electrons. The Morgan fingerprint density at radius 3 is 2.02 bits per heavy atom. The topological polar surface area (TPSA) is 35.9 Å². The second-order valence-electron chi connectivity index (χ2n) is 12.4. The van der Waals surface area contributed by atoms with Crippen LogP contribution in [0, 0.1) is 0 Å². The predicted octanol–water partition coefficient (Wildman–Crippen LogP) is 11.5. The van der Waals surface area contributed by atoms with Crippen molar-refractivity contribution >= 4 is 87.1 Å². The predicted molar refractivity (Wildman–Crippen MR) is 195 cm³/mol. The number of hydrogen-bond acceptors (Lipinski definition) is 2. The average Bonchev–Trinajstić information content (AvgIpc) is 3.77. The van der Waals surface area contributed by atoms with E-state index in [1.807, 2.05) is 30.6 Å². The maximum atomic E-state index is 6.34. The van der Waals surface area contributed by atoms with E-state index in [0.717, 1.165) is 44.3 Å². The van der Waals surface area contributed by atoms with E-state index in [-0.39, 0.29) is 0 Å². The van der Waals surface area contributed by atoms with Gasteiger partial charge in [-0.15, -0.1) is 0 Å². The first kappa shape index (κ1) is 24.9. The molecule has 0 spiro atoms. The van der Waals surface area contributed by atoms with Crippen molar-refractivity contribution in [2.75, 3.05) is 0 Å². The van der Waals surface area contributed by atoms with E-state index in [1.54, 1.807) is 0 Å². The van der Waals surface area contributed by atoms with E-state index < -0.39 is 0 Å².